The molecule has 105 valence electrons. The molecule has 4 aliphatic rings. The van der Waals surface area contributed by atoms with E-state index >= 15 is 0 Å². The number of fused-ring (bicyclic) bond motifs is 5. The summed E-state index contributed by atoms with van der Waals surface area (Å²) in [6.07, 6.45) is 15.3. The second kappa shape index (κ2) is 4.35. The molecule has 1 radical (unpaired) electrons. The van der Waals surface area contributed by atoms with Crippen molar-refractivity contribution in [2.45, 2.75) is 70.8 Å². The highest BCUT2D eigenvalue weighted by Gasteiger charge is 2.52. The van der Waals surface area contributed by atoms with Crippen LogP contribution in [-0.4, -0.2) is 11.2 Å². The number of aliphatic hydroxyl groups excluding tert-OH is 1. The summed E-state index contributed by atoms with van der Waals surface area (Å²) in [6.45, 7) is 2.57. The van der Waals surface area contributed by atoms with Crippen LogP contribution in [0.2, 0.25) is 0 Å². The van der Waals surface area contributed by atoms with E-state index in [1.54, 1.807) is 0 Å². The van der Waals surface area contributed by atoms with Gasteiger partial charge in [0.1, 0.15) is 0 Å². The summed E-state index contributed by atoms with van der Waals surface area (Å²) in [5.41, 5.74) is 2.18. The summed E-state index contributed by atoms with van der Waals surface area (Å²) in [6, 6.07) is 0. The molecule has 1 unspecified atom stereocenters. The summed E-state index contributed by atoms with van der Waals surface area (Å²) in [4.78, 5) is 0. The van der Waals surface area contributed by atoms with Crippen LogP contribution in [0.15, 0.2) is 5.57 Å². The Morgan fingerprint density at radius 2 is 1.95 bits per heavy atom. The van der Waals surface area contributed by atoms with Crippen molar-refractivity contribution in [3.63, 3.8) is 0 Å². The summed E-state index contributed by atoms with van der Waals surface area (Å²) >= 11 is 0. The van der Waals surface area contributed by atoms with E-state index in [0.717, 1.165) is 30.1 Å². The Bertz CT molecular complexity index is 398. The quantitative estimate of drug-likeness (QED) is 0.694. The van der Waals surface area contributed by atoms with Crippen molar-refractivity contribution in [2.24, 2.45) is 29.1 Å². The van der Waals surface area contributed by atoms with Gasteiger partial charge < -0.3 is 5.11 Å². The zero-order chi connectivity index (χ0) is 13.0. The van der Waals surface area contributed by atoms with Crippen LogP contribution in [-0.2, 0) is 0 Å². The number of aliphatic hydroxyl groups is 1. The minimum Gasteiger partial charge on any atom is -0.388 e. The fourth-order valence-corrected chi connectivity index (χ4v) is 6.18. The molecular formula is C18H27O. The van der Waals surface area contributed by atoms with Crippen molar-refractivity contribution < 1.29 is 5.11 Å². The smallest absolute Gasteiger partial charge is 0.0793 e. The van der Waals surface area contributed by atoms with E-state index in [1.165, 1.54) is 56.9 Å². The third-order valence-corrected chi connectivity index (χ3v) is 7.09. The van der Waals surface area contributed by atoms with E-state index in [-0.39, 0.29) is 6.10 Å². The summed E-state index contributed by atoms with van der Waals surface area (Å²) in [7, 11) is 0. The Labute approximate surface area is 117 Å². The molecule has 0 saturated heterocycles. The molecular weight excluding hydrogens is 232 g/mol. The average molecular weight is 259 g/mol. The monoisotopic (exact) mass is 259 g/mol. The number of allylic oxidation sites excluding steroid dienone is 1. The predicted molar refractivity (Wildman–Crippen MR) is 76.4 cm³/mol. The van der Waals surface area contributed by atoms with E-state index in [9.17, 15) is 5.11 Å². The van der Waals surface area contributed by atoms with E-state index in [2.05, 4.69) is 13.0 Å². The van der Waals surface area contributed by atoms with Crippen molar-refractivity contribution in [2.75, 3.05) is 0 Å². The lowest BCUT2D eigenvalue weighted by molar-refractivity contribution is -0.00586. The van der Waals surface area contributed by atoms with Gasteiger partial charge in [-0.2, -0.15) is 0 Å². The van der Waals surface area contributed by atoms with Gasteiger partial charge >= 0.3 is 0 Å². The van der Waals surface area contributed by atoms with Crippen LogP contribution in [0, 0.1) is 35.2 Å². The number of hydrogen-bond donors (Lipinski definition) is 1. The highest BCUT2D eigenvalue weighted by atomic mass is 16.3. The lowest BCUT2D eigenvalue weighted by Crippen LogP contribution is -2.44. The van der Waals surface area contributed by atoms with Gasteiger partial charge in [-0.1, -0.05) is 18.9 Å². The molecule has 3 fully saturated rings. The highest BCUT2D eigenvalue weighted by molar-refractivity contribution is 5.16. The maximum Gasteiger partial charge on any atom is 0.0793 e. The average Bonchev–Trinajstić information content (AvgIpc) is 2.79. The molecule has 0 bridgehead atoms. The van der Waals surface area contributed by atoms with Gasteiger partial charge in [0.05, 0.1) is 6.10 Å². The topological polar surface area (TPSA) is 20.2 Å². The van der Waals surface area contributed by atoms with Crippen LogP contribution < -0.4 is 0 Å². The van der Waals surface area contributed by atoms with Gasteiger partial charge in [0.2, 0.25) is 0 Å². The Morgan fingerprint density at radius 1 is 1.05 bits per heavy atom. The third kappa shape index (κ3) is 1.84. The van der Waals surface area contributed by atoms with Crippen molar-refractivity contribution in [1.29, 1.82) is 0 Å². The summed E-state index contributed by atoms with van der Waals surface area (Å²) in [5.74, 6) is 3.72. The van der Waals surface area contributed by atoms with Crippen molar-refractivity contribution in [1.82, 2.24) is 0 Å². The Balaban J connectivity index is 1.61. The fourth-order valence-electron chi connectivity index (χ4n) is 6.18. The first-order valence-corrected chi connectivity index (χ1v) is 8.48. The van der Waals surface area contributed by atoms with Crippen LogP contribution in [0.5, 0.6) is 0 Å². The first-order valence-electron chi connectivity index (χ1n) is 8.48. The molecule has 1 nitrogen and oxygen atoms in total. The molecule has 0 aromatic heterocycles. The zero-order valence-corrected chi connectivity index (χ0v) is 12.2. The normalized spacial score (nSPS) is 52.9. The Kier molecular flexibility index (Phi) is 2.85. The van der Waals surface area contributed by atoms with Crippen molar-refractivity contribution >= 4 is 0 Å². The molecule has 3 saturated carbocycles. The minimum absolute atomic E-state index is 0.261. The highest BCUT2D eigenvalue weighted by Crippen LogP contribution is 2.61. The molecule has 0 aromatic carbocycles. The van der Waals surface area contributed by atoms with E-state index in [4.69, 9.17) is 0 Å². The van der Waals surface area contributed by atoms with Crippen LogP contribution >= 0.6 is 0 Å². The predicted octanol–water partition coefficient (Wildman–Crippen LogP) is 4.11. The second-order valence-electron chi connectivity index (χ2n) is 7.93. The van der Waals surface area contributed by atoms with Crippen LogP contribution in [0.3, 0.4) is 0 Å². The van der Waals surface area contributed by atoms with E-state index < -0.39 is 0 Å². The van der Waals surface area contributed by atoms with Crippen molar-refractivity contribution in [3.8, 4) is 0 Å². The lowest BCUT2D eigenvalue weighted by Gasteiger charge is -2.53. The van der Waals surface area contributed by atoms with Gasteiger partial charge in [-0.25, -0.2) is 0 Å². The first kappa shape index (κ1) is 12.4. The van der Waals surface area contributed by atoms with Crippen LogP contribution in [0.4, 0.5) is 0 Å². The molecule has 0 heterocycles. The minimum atomic E-state index is -0.261. The van der Waals surface area contributed by atoms with Gasteiger partial charge in [0.15, 0.2) is 0 Å². The van der Waals surface area contributed by atoms with Gasteiger partial charge in [0, 0.05) is 0 Å². The molecule has 4 rings (SSSR count). The Hall–Kier alpha value is -0.300. The SMILES string of the molecule is C[C@@]12CCC[C@H]1[C@@H]1CCC3=[C]C(O)CC[C@@H]3[C@H]1CC2. The maximum absolute atomic E-state index is 9.80. The molecule has 1 N–H and O–H groups in total. The number of hydrogen-bond acceptors (Lipinski definition) is 1. The molecule has 1 heteroatoms. The van der Waals surface area contributed by atoms with Gasteiger partial charge in [-0.05, 0) is 86.5 Å². The standard InChI is InChI=1S/C18H27O/c1-18-9-2-3-17(18)16-6-4-12-11-13(19)5-7-14(12)15(16)8-10-18/h13-17,19H,2-10H2,1H3/t13?,14-,15+,16+,17-,18-/m0/s1. The van der Waals surface area contributed by atoms with E-state index in [1.807, 2.05) is 0 Å². The maximum atomic E-state index is 9.80. The van der Waals surface area contributed by atoms with Crippen LogP contribution in [0.1, 0.15) is 64.7 Å². The first-order chi connectivity index (χ1) is 9.17. The summed E-state index contributed by atoms with van der Waals surface area (Å²) < 4.78 is 0. The zero-order valence-electron chi connectivity index (χ0n) is 12.2. The van der Waals surface area contributed by atoms with E-state index in [0.29, 0.717) is 5.41 Å². The third-order valence-electron chi connectivity index (χ3n) is 7.09. The van der Waals surface area contributed by atoms with Gasteiger partial charge in [0.25, 0.3) is 0 Å². The number of rotatable bonds is 0. The van der Waals surface area contributed by atoms with Crippen LogP contribution in [0.25, 0.3) is 0 Å². The fraction of sp³-hybridized carbons (Fsp3) is 0.889. The largest absolute Gasteiger partial charge is 0.388 e. The van der Waals surface area contributed by atoms with Gasteiger partial charge in [-0.15, -0.1) is 0 Å². The molecule has 0 spiro atoms. The Morgan fingerprint density at radius 3 is 2.84 bits per heavy atom. The summed E-state index contributed by atoms with van der Waals surface area (Å²) in [5, 5.41) is 9.80. The lowest BCUT2D eigenvalue weighted by atomic mass is 9.52. The molecule has 6 atom stereocenters. The van der Waals surface area contributed by atoms with Crippen molar-refractivity contribution in [3.05, 3.63) is 11.6 Å². The molecule has 0 amide bonds. The molecule has 0 aliphatic heterocycles. The second-order valence-corrected chi connectivity index (χ2v) is 7.93. The van der Waals surface area contributed by atoms with Gasteiger partial charge in [-0.3, -0.25) is 0 Å². The molecule has 19 heavy (non-hydrogen) atoms. The molecule has 0 aromatic rings. The molecule has 4 aliphatic carbocycles.